The second-order valence-corrected chi connectivity index (χ2v) is 7.15. The number of carbonyl (C=O) groups excluding carboxylic acids is 1. The summed E-state index contributed by atoms with van der Waals surface area (Å²) in [7, 11) is -2.06. The van der Waals surface area contributed by atoms with E-state index in [-0.39, 0.29) is 16.9 Å². The summed E-state index contributed by atoms with van der Waals surface area (Å²) >= 11 is 0. The fraction of sp³-hybridized carbons (Fsp3) is 0.615. The fourth-order valence-corrected chi connectivity index (χ4v) is 3.92. The fourth-order valence-electron chi connectivity index (χ4n) is 2.61. The number of rotatable bonds is 4. The molecule has 1 aliphatic rings. The molecular formula is C13H19NO4S. The summed E-state index contributed by atoms with van der Waals surface area (Å²) < 4.78 is 31.2. The van der Waals surface area contributed by atoms with Crippen LogP contribution < -0.4 is 0 Å². The molecule has 0 aliphatic heterocycles. The van der Waals surface area contributed by atoms with Crippen molar-refractivity contribution in [3.8, 4) is 0 Å². The molecule has 5 nitrogen and oxygen atoms in total. The van der Waals surface area contributed by atoms with Gasteiger partial charge in [-0.3, -0.25) is 4.79 Å². The number of aldehydes is 1. The van der Waals surface area contributed by atoms with Crippen LogP contribution in [0.25, 0.3) is 0 Å². The molecule has 0 amide bonds. The maximum absolute atomic E-state index is 12.4. The van der Waals surface area contributed by atoms with Crippen molar-refractivity contribution in [2.45, 2.75) is 43.7 Å². The van der Waals surface area contributed by atoms with Gasteiger partial charge in [0.1, 0.15) is 0 Å². The van der Waals surface area contributed by atoms with E-state index in [9.17, 15) is 13.2 Å². The number of hydrogen-bond acceptors (Lipinski definition) is 4. The minimum absolute atomic E-state index is 0.0125. The maximum atomic E-state index is 12.4. The van der Waals surface area contributed by atoms with Crippen LogP contribution in [0.3, 0.4) is 0 Å². The highest BCUT2D eigenvalue weighted by atomic mass is 32.2. The van der Waals surface area contributed by atoms with Crippen LogP contribution >= 0.6 is 0 Å². The molecule has 0 spiro atoms. The van der Waals surface area contributed by atoms with E-state index in [0.29, 0.717) is 12.2 Å². The monoisotopic (exact) mass is 285 g/mol. The number of furan rings is 1. The third-order valence-electron chi connectivity index (χ3n) is 3.77. The Kier molecular flexibility index (Phi) is 4.10. The molecule has 0 bridgehead atoms. The van der Waals surface area contributed by atoms with Crippen LogP contribution in [0.15, 0.2) is 21.6 Å². The van der Waals surface area contributed by atoms with E-state index in [1.54, 1.807) is 7.05 Å². The second kappa shape index (κ2) is 5.46. The van der Waals surface area contributed by atoms with Gasteiger partial charge in [0.15, 0.2) is 12.0 Å². The third kappa shape index (κ3) is 2.90. The Morgan fingerprint density at radius 1 is 1.37 bits per heavy atom. The SMILES string of the molecule is CC1CCCC(N(C)S(=O)(=O)c2ccc(C=O)o2)C1. The van der Waals surface area contributed by atoms with Crippen molar-refractivity contribution >= 4 is 16.3 Å². The number of nitrogens with zero attached hydrogens (tertiary/aromatic N) is 1. The first kappa shape index (κ1) is 14.3. The molecule has 2 atom stereocenters. The van der Waals surface area contributed by atoms with Gasteiger partial charge in [0, 0.05) is 13.1 Å². The second-order valence-electron chi connectivity index (χ2n) is 5.22. The molecule has 2 rings (SSSR count). The predicted molar refractivity (Wildman–Crippen MR) is 70.5 cm³/mol. The molecule has 1 aliphatic carbocycles. The van der Waals surface area contributed by atoms with E-state index in [0.717, 1.165) is 25.7 Å². The molecule has 19 heavy (non-hydrogen) atoms. The van der Waals surface area contributed by atoms with Crippen LogP contribution in [0.2, 0.25) is 0 Å². The van der Waals surface area contributed by atoms with Gasteiger partial charge in [-0.25, -0.2) is 8.42 Å². The van der Waals surface area contributed by atoms with Crippen molar-refractivity contribution in [2.24, 2.45) is 5.92 Å². The Morgan fingerprint density at radius 3 is 2.68 bits per heavy atom. The lowest BCUT2D eigenvalue weighted by molar-refractivity contribution is 0.109. The highest BCUT2D eigenvalue weighted by Gasteiger charge is 2.32. The van der Waals surface area contributed by atoms with Crippen LogP contribution in [0.4, 0.5) is 0 Å². The van der Waals surface area contributed by atoms with Crippen molar-refractivity contribution in [2.75, 3.05) is 7.05 Å². The summed E-state index contributed by atoms with van der Waals surface area (Å²) in [5, 5.41) is -0.157. The Morgan fingerprint density at radius 2 is 2.11 bits per heavy atom. The lowest BCUT2D eigenvalue weighted by Crippen LogP contribution is -2.39. The molecule has 0 saturated heterocycles. The van der Waals surface area contributed by atoms with Crippen molar-refractivity contribution in [3.05, 3.63) is 17.9 Å². The van der Waals surface area contributed by atoms with E-state index < -0.39 is 10.0 Å². The molecule has 106 valence electrons. The van der Waals surface area contributed by atoms with Gasteiger partial charge in [0.25, 0.3) is 10.0 Å². The van der Waals surface area contributed by atoms with Crippen LogP contribution in [0, 0.1) is 5.92 Å². The molecule has 1 fully saturated rings. The van der Waals surface area contributed by atoms with Crippen LogP contribution in [0.5, 0.6) is 0 Å². The number of carbonyl (C=O) groups is 1. The normalized spacial score (nSPS) is 24.6. The lowest BCUT2D eigenvalue weighted by atomic mass is 9.87. The van der Waals surface area contributed by atoms with Crippen LogP contribution in [0.1, 0.15) is 43.2 Å². The molecule has 0 N–H and O–H groups in total. The first-order valence-electron chi connectivity index (χ1n) is 6.48. The van der Waals surface area contributed by atoms with Gasteiger partial charge in [0.05, 0.1) is 0 Å². The zero-order valence-corrected chi connectivity index (χ0v) is 12.0. The van der Waals surface area contributed by atoms with Gasteiger partial charge in [-0.2, -0.15) is 4.31 Å². The standard InChI is InChI=1S/C13H19NO4S/c1-10-4-3-5-11(8-10)14(2)19(16,17)13-7-6-12(9-15)18-13/h6-7,9-11H,3-5,8H2,1-2H3. The minimum atomic E-state index is -3.64. The summed E-state index contributed by atoms with van der Waals surface area (Å²) in [6, 6.07) is 2.72. The molecular weight excluding hydrogens is 266 g/mol. The van der Waals surface area contributed by atoms with Gasteiger partial charge >= 0.3 is 0 Å². The first-order valence-corrected chi connectivity index (χ1v) is 7.92. The number of sulfonamides is 1. The summed E-state index contributed by atoms with van der Waals surface area (Å²) in [5.74, 6) is 0.572. The van der Waals surface area contributed by atoms with E-state index >= 15 is 0 Å². The number of hydrogen-bond donors (Lipinski definition) is 0. The predicted octanol–water partition coefficient (Wildman–Crippen LogP) is 2.29. The molecule has 1 aromatic rings. The van der Waals surface area contributed by atoms with Crippen molar-refractivity contribution < 1.29 is 17.6 Å². The molecule has 6 heteroatoms. The average molecular weight is 285 g/mol. The van der Waals surface area contributed by atoms with Crippen molar-refractivity contribution in [1.82, 2.24) is 4.31 Å². The highest BCUT2D eigenvalue weighted by molar-refractivity contribution is 7.89. The van der Waals surface area contributed by atoms with Gasteiger partial charge in [-0.1, -0.05) is 19.8 Å². The first-order chi connectivity index (χ1) is 8.95. The van der Waals surface area contributed by atoms with Crippen molar-refractivity contribution in [3.63, 3.8) is 0 Å². The minimum Gasteiger partial charge on any atom is -0.440 e. The zero-order chi connectivity index (χ0) is 14.0. The van der Waals surface area contributed by atoms with Gasteiger partial charge in [-0.15, -0.1) is 0 Å². The zero-order valence-electron chi connectivity index (χ0n) is 11.2. The molecule has 1 aromatic heterocycles. The van der Waals surface area contributed by atoms with Crippen LogP contribution in [-0.4, -0.2) is 32.1 Å². The smallest absolute Gasteiger partial charge is 0.276 e. The Hall–Kier alpha value is -1.14. The van der Waals surface area contributed by atoms with Crippen molar-refractivity contribution in [1.29, 1.82) is 0 Å². The van der Waals surface area contributed by atoms with E-state index in [1.807, 2.05) is 0 Å². The Balaban J connectivity index is 2.20. The van der Waals surface area contributed by atoms with Gasteiger partial charge in [-0.05, 0) is 30.9 Å². The quantitative estimate of drug-likeness (QED) is 0.796. The highest BCUT2D eigenvalue weighted by Crippen LogP contribution is 2.30. The summed E-state index contributed by atoms with van der Waals surface area (Å²) in [6.07, 6.45) is 4.45. The summed E-state index contributed by atoms with van der Waals surface area (Å²) in [5.41, 5.74) is 0. The third-order valence-corrected chi connectivity index (χ3v) is 5.56. The Bertz CT molecular complexity index is 549. The van der Waals surface area contributed by atoms with Gasteiger partial charge in [0.2, 0.25) is 5.09 Å². The molecule has 0 aromatic carbocycles. The van der Waals surface area contributed by atoms with Crippen LogP contribution in [-0.2, 0) is 10.0 Å². The summed E-state index contributed by atoms with van der Waals surface area (Å²) in [4.78, 5) is 10.6. The lowest BCUT2D eigenvalue weighted by Gasteiger charge is -2.32. The average Bonchev–Trinajstić information content (AvgIpc) is 2.87. The van der Waals surface area contributed by atoms with E-state index in [1.165, 1.54) is 16.4 Å². The largest absolute Gasteiger partial charge is 0.440 e. The topological polar surface area (TPSA) is 67.6 Å². The molecule has 1 saturated carbocycles. The van der Waals surface area contributed by atoms with E-state index in [2.05, 4.69) is 6.92 Å². The maximum Gasteiger partial charge on any atom is 0.276 e. The molecule has 0 radical (unpaired) electrons. The molecule has 1 heterocycles. The van der Waals surface area contributed by atoms with E-state index in [4.69, 9.17) is 4.42 Å². The summed E-state index contributed by atoms with van der Waals surface area (Å²) in [6.45, 7) is 2.14. The Labute approximate surface area is 113 Å². The molecule has 2 unspecified atom stereocenters. The van der Waals surface area contributed by atoms with Gasteiger partial charge < -0.3 is 4.42 Å².